The smallest absolute Gasteiger partial charge is 0.318 e. The van der Waals surface area contributed by atoms with E-state index in [1.54, 1.807) is 46.9 Å². The van der Waals surface area contributed by atoms with E-state index in [9.17, 15) is 8.42 Å². The van der Waals surface area contributed by atoms with Crippen LogP contribution >= 0.6 is 22.6 Å². The summed E-state index contributed by atoms with van der Waals surface area (Å²) in [6.45, 7) is 1.93. The number of rotatable bonds is 3. The highest BCUT2D eigenvalue weighted by Crippen LogP contribution is 2.14. The summed E-state index contributed by atoms with van der Waals surface area (Å²) >= 11 is 1.75. The molecule has 0 aliphatic rings. The number of alkyl halides is 1. The summed E-state index contributed by atoms with van der Waals surface area (Å²) in [5.41, 5.74) is 1.07. The summed E-state index contributed by atoms with van der Waals surface area (Å²) in [7, 11) is -3.40. The maximum atomic E-state index is 11.0. The first-order valence-electron chi connectivity index (χ1n) is 3.58. The summed E-state index contributed by atoms with van der Waals surface area (Å²) < 4.78 is 26.8. The molecule has 1 aromatic rings. The fourth-order valence-corrected chi connectivity index (χ4v) is 1.59. The molecule has 0 amide bonds. The van der Waals surface area contributed by atoms with Crippen LogP contribution < -0.4 is 4.18 Å². The SMILES string of the molecule is Cc1ccc(OS(=O)(=O)CI)cc1. The molecular formula is C8H9IO3S. The van der Waals surface area contributed by atoms with Crippen molar-refractivity contribution in [2.75, 3.05) is 3.76 Å². The molecule has 0 aromatic heterocycles. The average Bonchev–Trinajstić information content (AvgIpc) is 2.09. The van der Waals surface area contributed by atoms with E-state index >= 15 is 0 Å². The van der Waals surface area contributed by atoms with E-state index in [2.05, 4.69) is 0 Å². The summed E-state index contributed by atoms with van der Waals surface area (Å²) in [5, 5.41) is 0. The highest BCUT2D eigenvalue weighted by Gasteiger charge is 2.09. The summed E-state index contributed by atoms with van der Waals surface area (Å²) in [6, 6.07) is 6.88. The van der Waals surface area contributed by atoms with Gasteiger partial charge in [0.05, 0.1) is 0 Å². The molecule has 0 unspecified atom stereocenters. The number of benzene rings is 1. The van der Waals surface area contributed by atoms with Crippen molar-refractivity contribution in [1.82, 2.24) is 0 Å². The molecule has 0 spiro atoms. The van der Waals surface area contributed by atoms with Crippen LogP contribution in [0, 0.1) is 6.92 Å². The summed E-state index contributed by atoms with van der Waals surface area (Å²) in [4.78, 5) is 0. The van der Waals surface area contributed by atoms with Gasteiger partial charge in [-0.15, -0.1) is 0 Å². The molecule has 13 heavy (non-hydrogen) atoms. The first-order chi connectivity index (χ1) is 6.03. The molecule has 0 aliphatic carbocycles. The number of halogens is 1. The van der Waals surface area contributed by atoms with Gasteiger partial charge in [0.15, 0.2) is 0 Å². The standard InChI is InChI=1S/C8H9IO3S/c1-7-2-4-8(5-3-7)12-13(10,11)6-9/h2-5H,6H2,1H3. The Kier molecular flexibility index (Phi) is 3.55. The van der Waals surface area contributed by atoms with Gasteiger partial charge in [-0.1, -0.05) is 40.3 Å². The second-order valence-corrected chi connectivity index (χ2v) is 5.93. The molecular weight excluding hydrogens is 303 g/mol. The van der Waals surface area contributed by atoms with Crippen LogP contribution in [0.5, 0.6) is 5.75 Å². The Balaban J connectivity index is 2.82. The Labute approximate surface area is 91.4 Å². The molecule has 0 atom stereocenters. The lowest BCUT2D eigenvalue weighted by molar-refractivity contribution is 0.492. The maximum Gasteiger partial charge on any atom is 0.318 e. The van der Waals surface area contributed by atoms with Gasteiger partial charge in [-0.3, -0.25) is 0 Å². The van der Waals surface area contributed by atoms with Gasteiger partial charge in [0.1, 0.15) is 9.51 Å². The van der Waals surface area contributed by atoms with E-state index in [4.69, 9.17) is 4.18 Å². The predicted octanol–water partition coefficient (Wildman–Crippen LogP) is 2.10. The quantitative estimate of drug-likeness (QED) is 0.488. The zero-order chi connectivity index (χ0) is 9.90. The topological polar surface area (TPSA) is 43.4 Å². The Hall–Kier alpha value is -0.300. The highest BCUT2D eigenvalue weighted by molar-refractivity contribution is 14.1. The van der Waals surface area contributed by atoms with Gasteiger partial charge in [-0.25, -0.2) is 0 Å². The molecule has 0 saturated carbocycles. The predicted molar refractivity (Wildman–Crippen MR) is 59.6 cm³/mol. The summed E-state index contributed by atoms with van der Waals surface area (Å²) in [6.07, 6.45) is 0. The fourth-order valence-electron chi connectivity index (χ4n) is 0.763. The molecule has 5 heteroatoms. The van der Waals surface area contributed by atoms with Gasteiger partial charge in [0.25, 0.3) is 0 Å². The van der Waals surface area contributed by atoms with Gasteiger partial charge in [-0.2, -0.15) is 8.42 Å². The second kappa shape index (κ2) is 4.28. The Morgan fingerprint density at radius 2 is 1.85 bits per heavy atom. The van der Waals surface area contributed by atoms with Crippen LogP contribution in [0.4, 0.5) is 0 Å². The van der Waals surface area contributed by atoms with E-state index in [0.717, 1.165) is 5.56 Å². The Morgan fingerprint density at radius 1 is 1.31 bits per heavy atom. The third-order valence-electron chi connectivity index (χ3n) is 1.38. The van der Waals surface area contributed by atoms with Gasteiger partial charge in [0.2, 0.25) is 0 Å². The molecule has 1 rings (SSSR count). The fraction of sp³-hybridized carbons (Fsp3) is 0.250. The van der Waals surface area contributed by atoms with Crippen LogP contribution in [0.25, 0.3) is 0 Å². The third kappa shape index (κ3) is 3.51. The lowest BCUT2D eigenvalue weighted by Crippen LogP contribution is -2.09. The van der Waals surface area contributed by atoms with E-state index in [0.29, 0.717) is 5.75 Å². The molecule has 0 saturated heterocycles. The van der Waals surface area contributed by atoms with Crippen molar-refractivity contribution in [3.8, 4) is 5.75 Å². The third-order valence-corrected chi connectivity index (χ3v) is 4.38. The second-order valence-electron chi connectivity index (χ2n) is 2.56. The Morgan fingerprint density at radius 3 is 2.31 bits per heavy atom. The lowest BCUT2D eigenvalue weighted by Gasteiger charge is -2.03. The van der Waals surface area contributed by atoms with Crippen molar-refractivity contribution < 1.29 is 12.6 Å². The highest BCUT2D eigenvalue weighted by atomic mass is 127. The first-order valence-corrected chi connectivity index (χ1v) is 6.68. The van der Waals surface area contributed by atoms with Crippen molar-refractivity contribution >= 4 is 32.7 Å². The first kappa shape index (κ1) is 10.8. The van der Waals surface area contributed by atoms with Crippen LogP contribution in [-0.4, -0.2) is 12.2 Å². The number of hydrogen-bond donors (Lipinski definition) is 0. The number of hydrogen-bond acceptors (Lipinski definition) is 3. The molecule has 0 bridgehead atoms. The Bertz CT molecular complexity index is 369. The van der Waals surface area contributed by atoms with Crippen molar-refractivity contribution in [3.63, 3.8) is 0 Å². The molecule has 0 radical (unpaired) electrons. The van der Waals surface area contributed by atoms with E-state index in [1.807, 2.05) is 6.92 Å². The van der Waals surface area contributed by atoms with E-state index in [-0.39, 0.29) is 3.76 Å². The molecule has 1 aromatic carbocycles. The van der Waals surface area contributed by atoms with Crippen molar-refractivity contribution in [3.05, 3.63) is 29.8 Å². The molecule has 3 nitrogen and oxygen atoms in total. The molecule has 72 valence electrons. The van der Waals surface area contributed by atoms with Gasteiger partial charge >= 0.3 is 10.1 Å². The normalized spacial score (nSPS) is 11.2. The molecule has 0 fully saturated rings. The monoisotopic (exact) mass is 312 g/mol. The van der Waals surface area contributed by atoms with Crippen molar-refractivity contribution in [2.45, 2.75) is 6.92 Å². The van der Waals surface area contributed by atoms with Crippen molar-refractivity contribution in [2.24, 2.45) is 0 Å². The number of aryl methyl sites for hydroxylation is 1. The minimum Gasteiger partial charge on any atom is -0.382 e. The molecule has 0 heterocycles. The zero-order valence-electron chi connectivity index (χ0n) is 7.03. The minimum absolute atomic E-state index is 0.0430. The van der Waals surface area contributed by atoms with Gasteiger partial charge in [-0.05, 0) is 19.1 Å². The largest absolute Gasteiger partial charge is 0.382 e. The van der Waals surface area contributed by atoms with Crippen molar-refractivity contribution in [1.29, 1.82) is 0 Å². The van der Waals surface area contributed by atoms with Gasteiger partial charge in [0, 0.05) is 0 Å². The molecule has 0 N–H and O–H groups in total. The van der Waals surface area contributed by atoms with E-state index in [1.165, 1.54) is 0 Å². The maximum absolute atomic E-state index is 11.0. The van der Waals surface area contributed by atoms with Crippen LogP contribution in [0.15, 0.2) is 24.3 Å². The lowest BCUT2D eigenvalue weighted by atomic mass is 10.2. The zero-order valence-corrected chi connectivity index (χ0v) is 10.0. The average molecular weight is 312 g/mol. The van der Waals surface area contributed by atoms with E-state index < -0.39 is 10.1 Å². The summed E-state index contributed by atoms with van der Waals surface area (Å²) in [5.74, 6) is 0.363. The van der Waals surface area contributed by atoms with Crippen LogP contribution in [0.2, 0.25) is 0 Å². The van der Waals surface area contributed by atoms with Crippen LogP contribution in [0.1, 0.15) is 5.56 Å². The minimum atomic E-state index is -3.40. The molecule has 0 aliphatic heterocycles. The van der Waals surface area contributed by atoms with Crippen LogP contribution in [0.3, 0.4) is 0 Å². The van der Waals surface area contributed by atoms with Gasteiger partial charge < -0.3 is 4.18 Å². The van der Waals surface area contributed by atoms with Crippen LogP contribution in [-0.2, 0) is 10.1 Å².